The highest BCUT2D eigenvalue weighted by atomic mass is 35.5. The van der Waals surface area contributed by atoms with Crippen LogP contribution in [-0.4, -0.2) is 73.9 Å². The third-order valence-electron chi connectivity index (χ3n) is 12.6. The number of benzene rings is 4. The van der Waals surface area contributed by atoms with E-state index < -0.39 is 57.9 Å². The van der Waals surface area contributed by atoms with Gasteiger partial charge in [0.2, 0.25) is 0 Å². The number of imide groups is 1. The maximum Gasteiger partial charge on any atom is 0.347 e. The first-order valence-electron chi connectivity index (χ1n) is 20.1. The number of phenolic OH excluding ortho intramolecular Hbond substituents is 1. The van der Waals surface area contributed by atoms with Crippen LogP contribution in [0.4, 0.5) is 10.1 Å². The second-order valence-electron chi connectivity index (χ2n) is 15.7. The number of halogens is 2. The molecule has 17 nitrogen and oxygen atoms in total. The molecule has 6 aromatic rings. The van der Waals surface area contributed by atoms with Crippen molar-refractivity contribution < 1.29 is 38.0 Å². The number of methoxy groups -OCH3 is 4. The van der Waals surface area contributed by atoms with Crippen LogP contribution >= 0.6 is 11.6 Å². The Bertz CT molecular complexity index is 3100. The van der Waals surface area contributed by atoms with Gasteiger partial charge in [-0.05, 0) is 54.0 Å². The van der Waals surface area contributed by atoms with E-state index in [-0.39, 0.29) is 54.6 Å². The lowest BCUT2D eigenvalue weighted by atomic mass is 9.53. The minimum absolute atomic E-state index is 0.0924. The number of carbonyl (C=O) groups excluding carboxylic acids is 2. The molecule has 1 saturated heterocycles. The molecule has 2 aromatic heterocycles. The number of hydrogen-bond acceptors (Lipinski definition) is 12. The fraction of sp³-hybridized carbons (Fsp3) is 0.289. The predicted molar refractivity (Wildman–Crippen MR) is 231 cm³/mol. The molecule has 2 N–H and O–H groups in total. The second kappa shape index (κ2) is 15.8. The molecule has 4 unspecified atom stereocenters. The summed E-state index contributed by atoms with van der Waals surface area (Å²) < 4.78 is 41.7. The minimum Gasteiger partial charge on any atom is -0.508 e. The van der Waals surface area contributed by atoms with Gasteiger partial charge in [0.25, 0.3) is 17.4 Å². The molecule has 3 aliphatic rings. The lowest BCUT2D eigenvalue weighted by Crippen LogP contribution is -2.53. The zero-order valence-electron chi connectivity index (χ0n) is 35.1. The van der Waals surface area contributed by atoms with Gasteiger partial charge in [0.1, 0.15) is 28.8 Å². The van der Waals surface area contributed by atoms with Crippen molar-refractivity contribution >= 4 is 40.1 Å². The van der Waals surface area contributed by atoms with E-state index in [9.17, 15) is 23.9 Å². The van der Waals surface area contributed by atoms with Gasteiger partial charge in [0.15, 0.2) is 11.5 Å². The molecule has 2 amide bonds. The summed E-state index contributed by atoms with van der Waals surface area (Å²) in [7, 11) is 7.31. The Balaban J connectivity index is 1.21. The monoisotopic (exact) mass is 893 g/mol. The number of fused-ring (bicyclic) bond motifs is 5. The van der Waals surface area contributed by atoms with Gasteiger partial charge in [-0.1, -0.05) is 29.8 Å². The first kappa shape index (κ1) is 42.0. The van der Waals surface area contributed by atoms with Crippen LogP contribution in [0.25, 0.3) is 11.0 Å². The number of carbonyl (C=O) groups is 2. The van der Waals surface area contributed by atoms with Crippen LogP contribution in [0.5, 0.6) is 28.7 Å². The smallest absolute Gasteiger partial charge is 0.347 e. The van der Waals surface area contributed by atoms with Crippen molar-refractivity contribution in [2.75, 3.05) is 33.9 Å². The Morgan fingerprint density at radius 3 is 2.14 bits per heavy atom. The standard InChI is InChI=1S/C45H41ClFN7O10/c1-50-33-22-35(62-3)34(61-2)21-31(33)48-30(41(50)57)15-16-51-43(59)52-17-14-28-32(54(52)44(51)60)20-29-40(56)53(49-26-12-10-25(47)11-13-26)42(58)45(29,23-6-8-24(46)9-7-23)39(28)38-36(63-4)18-27(55)19-37(38)64-5/h6-14,18-19,21-22,29,32,39,49,55H,15-17,20H2,1-5H3. The quantitative estimate of drug-likeness (QED) is 0.138. The summed E-state index contributed by atoms with van der Waals surface area (Å²) in [5, 5.41) is 12.1. The molecule has 330 valence electrons. The van der Waals surface area contributed by atoms with Crippen LogP contribution in [-0.2, 0) is 41.6 Å². The van der Waals surface area contributed by atoms with E-state index in [0.717, 1.165) is 9.58 Å². The summed E-state index contributed by atoms with van der Waals surface area (Å²) >= 11 is 6.41. The summed E-state index contributed by atoms with van der Waals surface area (Å²) in [5.74, 6) is -3.39. The van der Waals surface area contributed by atoms with Gasteiger partial charge >= 0.3 is 11.4 Å². The third kappa shape index (κ3) is 6.25. The molecule has 64 heavy (non-hydrogen) atoms. The Kier molecular flexibility index (Phi) is 10.4. The normalized spacial score (nSPS) is 20.1. The molecule has 2 fully saturated rings. The van der Waals surface area contributed by atoms with Gasteiger partial charge < -0.3 is 28.6 Å². The molecule has 1 aliphatic carbocycles. The molecule has 19 heteroatoms. The average Bonchev–Trinajstić information content (AvgIpc) is 3.67. The number of anilines is 1. The van der Waals surface area contributed by atoms with Gasteiger partial charge in [-0.15, -0.1) is 0 Å². The van der Waals surface area contributed by atoms with Crippen LogP contribution in [0.15, 0.2) is 98.8 Å². The van der Waals surface area contributed by atoms with Crippen molar-refractivity contribution in [3.05, 3.63) is 143 Å². The lowest BCUT2D eigenvalue weighted by Gasteiger charge is -2.49. The summed E-state index contributed by atoms with van der Waals surface area (Å²) in [6.45, 7) is -0.341. The summed E-state index contributed by atoms with van der Waals surface area (Å²) in [4.78, 5) is 77.8. The molecular weight excluding hydrogens is 853 g/mol. The van der Waals surface area contributed by atoms with Crippen molar-refractivity contribution in [2.24, 2.45) is 13.0 Å². The fourth-order valence-electron chi connectivity index (χ4n) is 9.77. The van der Waals surface area contributed by atoms with Crippen molar-refractivity contribution in [1.82, 2.24) is 28.5 Å². The summed E-state index contributed by atoms with van der Waals surface area (Å²) in [5.41, 5.74) is 1.75. The number of phenols is 1. The van der Waals surface area contributed by atoms with Crippen molar-refractivity contribution in [2.45, 2.75) is 43.3 Å². The molecule has 0 bridgehead atoms. The van der Waals surface area contributed by atoms with Gasteiger partial charge in [-0.25, -0.2) is 32.9 Å². The zero-order valence-corrected chi connectivity index (χ0v) is 35.9. The molecule has 0 radical (unpaired) electrons. The first-order chi connectivity index (χ1) is 30.8. The predicted octanol–water partition coefficient (Wildman–Crippen LogP) is 4.45. The van der Waals surface area contributed by atoms with E-state index in [4.69, 9.17) is 30.5 Å². The molecule has 9 rings (SSSR count). The minimum atomic E-state index is -1.78. The number of aryl methyl sites for hydroxylation is 2. The number of aromatic nitrogens is 5. The average molecular weight is 894 g/mol. The lowest BCUT2D eigenvalue weighted by molar-refractivity contribution is -0.138. The van der Waals surface area contributed by atoms with Crippen molar-refractivity contribution in [3.63, 3.8) is 0 Å². The highest BCUT2D eigenvalue weighted by molar-refractivity contribution is 6.30. The number of aromatic hydroxyl groups is 1. The Labute approximate surface area is 368 Å². The van der Waals surface area contributed by atoms with Gasteiger partial charge in [0, 0.05) is 60.8 Å². The highest BCUT2D eigenvalue weighted by Gasteiger charge is 2.69. The van der Waals surface area contributed by atoms with E-state index in [1.807, 2.05) is 0 Å². The fourth-order valence-corrected chi connectivity index (χ4v) is 9.90. The molecule has 4 aromatic carbocycles. The molecule has 4 atom stereocenters. The summed E-state index contributed by atoms with van der Waals surface area (Å²) in [6.07, 6.45) is 1.53. The number of nitrogens with one attached hydrogen (secondary N) is 1. The Hall–Kier alpha value is -7.34. The van der Waals surface area contributed by atoms with Gasteiger partial charge in [-0.2, -0.15) is 5.01 Å². The molecule has 0 spiro atoms. The number of ether oxygens (including phenoxy) is 4. The number of rotatable bonds is 11. The third-order valence-corrected chi connectivity index (χ3v) is 12.9. The van der Waals surface area contributed by atoms with Crippen LogP contribution in [0.3, 0.4) is 0 Å². The van der Waals surface area contributed by atoms with E-state index in [0.29, 0.717) is 44.3 Å². The Morgan fingerprint density at radius 1 is 0.859 bits per heavy atom. The second-order valence-corrected chi connectivity index (χ2v) is 16.1. The number of amides is 2. The van der Waals surface area contributed by atoms with Gasteiger partial charge in [0.05, 0.1) is 69.1 Å². The Morgan fingerprint density at radius 2 is 1.50 bits per heavy atom. The van der Waals surface area contributed by atoms with Crippen LogP contribution in [0.1, 0.15) is 35.2 Å². The maximum absolute atomic E-state index is 15.5. The van der Waals surface area contributed by atoms with E-state index in [1.165, 1.54) is 78.8 Å². The van der Waals surface area contributed by atoms with Crippen molar-refractivity contribution in [1.29, 1.82) is 0 Å². The number of hydrogen-bond donors (Lipinski definition) is 2. The zero-order chi connectivity index (χ0) is 45.4. The van der Waals surface area contributed by atoms with Crippen LogP contribution < -0.4 is 41.3 Å². The first-order valence-corrected chi connectivity index (χ1v) is 20.5. The maximum atomic E-state index is 15.5. The molecule has 4 heterocycles. The van der Waals surface area contributed by atoms with Crippen LogP contribution in [0.2, 0.25) is 5.02 Å². The van der Waals surface area contributed by atoms with E-state index in [1.54, 1.807) is 49.5 Å². The van der Waals surface area contributed by atoms with Crippen LogP contribution in [0, 0.1) is 11.7 Å². The van der Waals surface area contributed by atoms with E-state index in [2.05, 4.69) is 10.4 Å². The SMILES string of the molecule is COc1cc2nc(CCn3c(=O)n4n(c3=O)C3CC5C(=O)N(Nc6ccc(F)cc6)C(=O)C5(c5ccc(Cl)cc5)C(c5c(OC)cc(O)cc5OC)C3=CC4)c(=O)n(C)c2cc1OC. The summed E-state index contributed by atoms with van der Waals surface area (Å²) in [6, 6.07) is 16.7. The number of allylic oxidation sites excluding steroid dienone is 2. The van der Waals surface area contributed by atoms with Crippen molar-refractivity contribution in [3.8, 4) is 28.7 Å². The highest BCUT2D eigenvalue weighted by Crippen LogP contribution is 2.64. The number of nitrogens with zero attached hydrogens (tertiary/aromatic N) is 6. The molecule has 1 saturated carbocycles. The topological polar surface area (TPSA) is 190 Å². The van der Waals surface area contributed by atoms with Gasteiger partial charge in [-0.3, -0.25) is 19.8 Å². The number of hydrazine groups is 1. The molecule has 2 aliphatic heterocycles. The largest absolute Gasteiger partial charge is 0.508 e. The molecular formula is C45H41ClFN7O10. The van der Waals surface area contributed by atoms with E-state index >= 15 is 9.59 Å².